The molecule has 3 heteroatoms. The van der Waals surface area contributed by atoms with Crippen LogP contribution in [0.4, 0.5) is 5.69 Å². The molecule has 0 N–H and O–H groups in total. The van der Waals surface area contributed by atoms with Crippen LogP contribution in [0.3, 0.4) is 0 Å². The van der Waals surface area contributed by atoms with Crippen LogP contribution in [0.25, 0.3) is 0 Å². The molecule has 1 aliphatic rings. The predicted octanol–water partition coefficient (Wildman–Crippen LogP) is 3.41. The van der Waals surface area contributed by atoms with Gasteiger partial charge in [-0.3, -0.25) is 4.79 Å². The molecule has 1 amide bonds. The quantitative estimate of drug-likeness (QED) is 0.813. The summed E-state index contributed by atoms with van der Waals surface area (Å²) < 4.78 is 5.74. The molecule has 0 saturated carbocycles. The van der Waals surface area contributed by atoms with Crippen LogP contribution in [0.15, 0.2) is 18.2 Å². The molecule has 19 heavy (non-hydrogen) atoms. The number of carbonyl (C=O) groups is 1. The van der Waals surface area contributed by atoms with Crippen molar-refractivity contribution in [2.24, 2.45) is 5.92 Å². The van der Waals surface area contributed by atoms with Gasteiger partial charge in [0, 0.05) is 11.7 Å². The molecule has 0 atom stereocenters. The molecule has 1 heterocycles. The van der Waals surface area contributed by atoms with Crippen molar-refractivity contribution in [1.82, 2.24) is 0 Å². The van der Waals surface area contributed by atoms with Gasteiger partial charge >= 0.3 is 0 Å². The smallest absolute Gasteiger partial charge is 0.231 e. The molecular formula is C16H23NO2. The zero-order valence-electron chi connectivity index (χ0n) is 12.3. The molecular weight excluding hydrogens is 238 g/mol. The van der Waals surface area contributed by atoms with Crippen LogP contribution < -0.4 is 9.64 Å². The summed E-state index contributed by atoms with van der Waals surface area (Å²) in [6.07, 6.45) is 1.54. The van der Waals surface area contributed by atoms with Crippen LogP contribution >= 0.6 is 0 Å². The molecule has 1 aromatic rings. The van der Waals surface area contributed by atoms with Crippen molar-refractivity contribution in [3.63, 3.8) is 0 Å². The second-order valence-electron chi connectivity index (χ2n) is 5.86. The van der Waals surface area contributed by atoms with Gasteiger partial charge in [0.05, 0.1) is 13.0 Å². The third-order valence-electron chi connectivity index (χ3n) is 3.40. The van der Waals surface area contributed by atoms with Gasteiger partial charge in [0.2, 0.25) is 5.91 Å². The summed E-state index contributed by atoms with van der Waals surface area (Å²) >= 11 is 0. The van der Waals surface area contributed by atoms with E-state index in [0.29, 0.717) is 12.3 Å². The van der Waals surface area contributed by atoms with Crippen molar-refractivity contribution in [2.75, 3.05) is 11.5 Å². The molecule has 0 fully saturated rings. The van der Waals surface area contributed by atoms with E-state index in [0.717, 1.165) is 30.0 Å². The Hall–Kier alpha value is -1.51. The summed E-state index contributed by atoms with van der Waals surface area (Å²) in [6, 6.07) is 6.19. The lowest BCUT2D eigenvalue weighted by atomic mass is 10.1. The van der Waals surface area contributed by atoms with Crippen LogP contribution in [0.1, 0.15) is 39.7 Å². The summed E-state index contributed by atoms with van der Waals surface area (Å²) in [6.45, 7) is 9.19. The molecule has 1 aromatic carbocycles. The van der Waals surface area contributed by atoms with E-state index in [1.165, 1.54) is 0 Å². The summed E-state index contributed by atoms with van der Waals surface area (Å²) in [4.78, 5) is 13.8. The number of hydrogen-bond donors (Lipinski definition) is 0. The molecule has 0 spiro atoms. The van der Waals surface area contributed by atoms with E-state index in [2.05, 4.69) is 13.8 Å². The fourth-order valence-electron chi connectivity index (χ4n) is 2.39. The van der Waals surface area contributed by atoms with Crippen molar-refractivity contribution in [2.45, 2.75) is 46.6 Å². The van der Waals surface area contributed by atoms with Crippen LogP contribution in [0.2, 0.25) is 0 Å². The van der Waals surface area contributed by atoms with Gasteiger partial charge in [-0.05, 0) is 49.9 Å². The molecule has 0 radical (unpaired) electrons. The highest BCUT2D eigenvalue weighted by Crippen LogP contribution is 2.33. The van der Waals surface area contributed by atoms with Gasteiger partial charge in [-0.2, -0.15) is 0 Å². The van der Waals surface area contributed by atoms with Gasteiger partial charge in [0.25, 0.3) is 0 Å². The number of ether oxygens (including phenoxy) is 1. The number of rotatable bonds is 5. The first-order chi connectivity index (χ1) is 8.99. The van der Waals surface area contributed by atoms with Crippen LogP contribution in [-0.2, 0) is 11.2 Å². The van der Waals surface area contributed by atoms with E-state index < -0.39 is 0 Å². The monoisotopic (exact) mass is 261 g/mol. The van der Waals surface area contributed by atoms with Crippen molar-refractivity contribution in [3.05, 3.63) is 23.8 Å². The molecule has 104 valence electrons. The van der Waals surface area contributed by atoms with Gasteiger partial charge in [-0.15, -0.1) is 0 Å². The van der Waals surface area contributed by atoms with Gasteiger partial charge < -0.3 is 9.64 Å². The van der Waals surface area contributed by atoms with Crippen LogP contribution in [0.5, 0.6) is 5.75 Å². The van der Waals surface area contributed by atoms with E-state index >= 15 is 0 Å². The Morgan fingerprint density at radius 1 is 1.26 bits per heavy atom. The first kappa shape index (κ1) is 13.9. The molecule has 0 bridgehead atoms. The molecule has 0 aliphatic carbocycles. The predicted molar refractivity (Wildman–Crippen MR) is 77.7 cm³/mol. The van der Waals surface area contributed by atoms with E-state index in [9.17, 15) is 4.79 Å². The van der Waals surface area contributed by atoms with Crippen LogP contribution in [0, 0.1) is 5.92 Å². The number of amides is 1. The molecule has 3 nitrogen and oxygen atoms in total. The van der Waals surface area contributed by atoms with Gasteiger partial charge in [-0.25, -0.2) is 0 Å². The highest BCUT2D eigenvalue weighted by Gasteiger charge is 2.29. The number of anilines is 1. The molecule has 0 aromatic heterocycles. The SMILES string of the molecule is CC(C)CCOc1ccc2c(c1)CC(=O)N2C(C)C. The maximum absolute atomic E-state index is 12.0. The average Bonchev–Trinajstić information content (AvgIpc) is 2.63. The maximum atomic E-state index is 12.0. The summed E-state index contributed by atoms with van der Waals surface area (Å²) in [7, 11) is 0. The minimum atomic E-state index is 0.185. The third-order valence-corrected chi connectivity index (χ3v) is 3.40. The lowest BCUT2D eigenvalue weighted by Crippen LogP contribution is -2.33. The summed E-state index contributed by atoms with van der Waals surface area (Å²) in [5, 5.41) is 0. The zero-order chi connectivity index (χ0) is 14.0. The minimum absolute atomic E-state index is 0.185. The summed E-state index contributed by atoms with van der Waals surface area (Å²) in [5.74, 6) is 1.70. The molecule has 0 saturated heterocycles. The number of hydrogen-bond acceptors (Lipinski definition) is 2. The minimum Gasteiger partial charge on any atom is -0.494 e. The van der Waals surface area contributed by atoms with Gasteiger partial charge in [0.1, 0.15) is 5.75 Å². The number of nitrogens with zero attached hydrogens (tertiary/aromatic N) is 1. The van der Waals surface area contributed by atoms with Crippen molar-refractivity contribution in [3.8, 4) is 5.75 Å². The Morgan fingerprint density at radius 3 is 2.63 bits per heavy atom. The fraction of sp³-hybridized carbons (Fsp3) is 0.562. The highest BCUT2D eigenvalue weighted by molar-refractivity contribution is 6.01. The van der Waals surface area contributed by atoms with Crippen molar-refractivity contribution >= 4 is 11.6 Å². The molecule has 1 aliphatic heterocycles. The second-order valence-corrected chi connectivity index (χ2v) is 5.86. The fourth-order valence-corrected chi connectivity index (χ4v) is 2.39. The number of benzene rings is 1. The highest BCUT2D eigenvalue weighted by atomic mass is 16.5. The van der Waals surface area contributed by atoms with E-state index in [4.69, 9.17) is 4.74 Å². The van der Waals surface area contributed by atoms with E-state index in [1.807, 2.05) is 36.9 Å². The summed E-state index contributed by atoms with van der Waals surface area (Å²) in [5.41, 5.74) is 2.12. The Bertz CT molecular complexity index is 466. The molecule has 2 rings (SSSR count). The standard InChI is InChI=1S/C16H23NO2/c1-11(2)7-8-19-14-5-6-15-13(9-14)10-16(18)17(15)12(3)4/h5-6,9,11-12H,7-8,10H2,1-4H3. The van der Waals surface area contributed by atoms with E-state index in [1.54, 1.807) is 0 Å². The second kappa shape index (κ2) is 5.64. The first-order valence-electron chi connectivity index (χ1n) is 7.07. The van der Waals surface area contributed by atoms with Gasteiger partial charge in [-0.1, -0.05) is 13.8 Å². The molecule has 0 unspecified atom stereocenters. The topological polar surface area (TPSA) is 29.5 Å². The largest absolute Gasteiger partial charge is 0.494 e. The zero-order valence-corrected chi connectivity index (χ0v) is 12.3. The van der Waals surface area contributed by atoms with Gasteiger partial charge in [0.15, 0.2) is 0 Å². The van der Waals surface area contributed by atoms with Crippen molar-refractivity contribution < 1.29 is 9.53 Å². The van der Waals surface area contributed by atoms with Crippen LogP contribution in [-0.4, -0.2) is 18.6 Å². The number of fused-ring (bicyclic) bond motifs is 1. The Morgan fingerprint density at radius 2 is 2.00 bits per heavy atom. The normalized spacial score (nSPS) is 14.4. The lowest BCUT2D eigenvalue weighted by Gasteiger charge is -2.22. The maximum Gasteiger partial charge on any atom is 0.231 e. The first-order valence-corrected chi connectivity index (χ1v) is 7.07. The Kier molecular flexibility index (Phi) is 4.13. The van der Waals surface area contributed by atoms with E-state index in [-0.39, 0.29) is 11.9 Å². The number of carbonyl (C=O) groups excluding carboxylic acids is 1. The lowest BCUT2D eigenvalue weighted by molar-refractivity contribution is -0.117. The van der Waals surface area contributed by atoms with Crippen molar-refractivity contribution in [1.29, 1.82) is 0 Å². The Balaban J connectivity index is 2.09. The average molecular weight is 261 g/mol. The Labute approximate surface area is 115 Å². The third kappa shape index (κ3) is 3.09.